The van der Waals surface area contributed by atoms with Crippen LogP contribution >= 0.6 is 0 Å². The van der Waals surface area contributed by atoms with Gasteiger partial charge in [0.05, 0.1) is 12.8 Å². The molecule has 2 rings (SSSR count). The molecule has 2 aromatic carbocycles. The second-order valence-electron chi connectivity index (χ2n) is 6.59. The summed E-state index contributed by atoms with van der Waals surface area (Å²) in [4.78, 5) is 24.0. The van der Waals surface area contributed by atoms with Crippen molar-refractivity contribution in [1.82, 2.24) is 5.43 Å². The molecule has 0 saturated heterocycles. The van der Waals surface area contributed by atoms with E-state index in [0.717, 1.165) is 11.3 Å². The monoisotopic (exact) mass is 367 g/mol. The summed E-state index contributed by atoms with van der Waals surface area (Å²) in [5, 5.41) is 6.95. The van der Waals surface area contributed by atoms with Gasteiger partial charge in [0.2, 0.25) is 5.91 Å². The molecular weight excluding hydrogens is 342 g/mol. The van der Waals surface area contributed by atoms with Gasteiger partial charge >= 0.3 is 0 Å². The lowest BCUT2D eigenvalue weighted by Gasteiger charge is -2.08. The van der Waals surface area contributed by atoms with E-state index in [0.29, 0.717) is 29.3 Å². The lowest BCUT2D eigenvalue weighted by molar-refractivity contribution is -0.116. The third-order valence-electron chi connectivity index (χ3n) is 3.86. The third-order valence-corrected chi connectivity index (χ3v) is 3.86. The average molecular weight is 367 g/mol. The van der Waals surface area contributed by atoms with Crippen LogP contribution in [0, 0.1) is 5.92 Å². The molecule has 0 spiro atoms. The number of hydrazone groups is 1. The van der Waals surface area contributed by atoms with E-state index in [-0.39, 0.29) is 11.8 Å². The van der Waals surface area contributed by atoms with Crippen LogP contribution in [0.25, 0.3) is 0 Å². The lowest BCUT2D eigenvalue weighted by Crippen LogP contribution is -2.19. The fourth-order valence-corrected chi connectivity index (χ4v) is 2.38. The van der Waals surface area contributed by atoms with Gasteiger partial charge in [-0.2, -0.15) is 5.10 Å². The van der Waals surface area contributed by atoms with E-state index in [1.807, 2.05) is 45.0 Å². The Balaban J connectivity index is 1.95. The number of hydrogen-bond donors (Lipinski definition) is 2. The fourth-order valence-electron chi connectivity index (χ4n) is 2.38. The third kappa shape index (κ3) is 6.26. The predicted octanol–water partition coefficient (Wildman–Crippen LogP) is 3.83. The maximum Gasteiger partial charge on any atom is 0.271 e. The molecular formula is C21H25N3O3. The molecule has 0 fully saturated rings. The summed E-state index contributed by atoms with van der Waals surface area (Å²) in [7, 11) is 1.61. The molecule has 142 valence electrons. The summed E-state index contributed by atoms with van der Waals surface area (Å²) in [5.74, 6) is 0.697. The Morgan fingerprint density at radius 3 is 2.15 bits per heavy atom. The van der Waals surface area contributed by atoms with Crippen molar-refractivity contribution in [2.24, 2.45) is 11.0 Å². The van der Waals surface area contributed by atoms with Crippen molar-refractivity contribution in [3.8, 4) is 5.75 Å². The van der Waals surface area contributed by atoms with E-state index in [2.05, 4.69) is 15.8 Å². The van der Waals surface area contributed by atoms with Gasteiger partial charge in [-0.05, 0) is 66.9 Å². The number of anilines is 1. The summed E-state index contributed by atoms with van der Waals surface area (Å²) < 4.78 is 5.12. The molecule has 0 aliphatic rings. The molecule has 2 aromatic rings. The number of nitrogens with one attached hydrogen (secondary N) is 2. The van der Waals surface area contributed by atoms with Gasteiger partial charge in [-0.3, -0.25) is 9.59 Å². The molecule has 6 heteroatoms. The van der Waals surface area contributed by atoms with Crippen LogP contribution in [0.15, 0.2) is 53.6 Å². The number of carbonyl (C=O) groups excluding carboxylic acids is 2. The van der Waals surface area contributed by atoms with Gasteiger partial charge < -0.3 is 10.1 Å². The van der Waals surface area contributed by atoms with E-state index in [1.165, 1.54) is 0 Å². The molecule has 0 aliphatic heterocycles. The van der Waals surface area contributed by atoms with Crippen molar-refractivity contribution in [3.63, 3.8) is 0 Å². The molecule has 0 aromatic heterocycles. The van der Waals surface area contributed by atoms with Gasteiger partial charge in [-0.1, -0.05) is 13.8 Å². The molecule has 27 heavy (non-hydrogen) atoms. The smallest absolute Gasteiger partial charge is 0.271 e. The van der Waals surface area contributed by atoms with E-state index in [1.54, 1.807) is 31.4 Å². The second-order valence-corrected chi connectivity index (χ2v) is 6.59. The standard InChI is InChI=1S/C21H25N3O3/c1-14(2)13-20(25)22-18-9-5-17(6-10-18)21(26)24-23-15(3)16-7-11-19(27-4)12-8-16/h5-12,14H,13H2,1-4H3,(H,22,25)(H,24,26). The Hall–Kier alpha value is -3.15. The number of hydrogen-bond acceptors (Lipinski definition) is 4. The van der Waals surface area contributed by atoms with Gasteiger partial charge in [0, 0.05) is 17.7 Å². The number of nitrogens with zero attached hydrogens (tertiary/aromatic N) is 1. The van der Waals surface area contributed by atoms with Crippen molar-refractivity contribution in [2.45, 2.75) is 27.2 Å². The summed E-state index contributed by atoms with van der Waals surface area (Å²) >= 11 is 0. The minimum absolute atomic E-state index is 0.0399. The molecule has 0 heterocycles. The van der Waals surface area contributed by atoms with Crippen LogP contribution in [-0.4, -0.2) is 24.6 Å². The number of benzene rings is 2. The van der Waals surface area contributed by atoms with Crippen LogP contribution < -0.4 is 15.5 Å². The highest BCUT2D eigenvalue weighted by Crippen LogP contribution is 2.13. The van der Waals surface area contributed by atoms with Crippen LogP contribution in [-0.2, 0) is 4.79 Å². The van der Waals surface area contributed by atoms with Gasteiger partial charge in [-0.15, -0.1) is 0 Å². The van der Waals surface area contributed by atoms with Crippen molar-refractivity contribution in [3.05, 3.63) is 59.7 Å². The van der Waals surface area contributed by atoms with Crippen molar-refractivity contribution in [1.29, 1.82) is 0 Å². The minimum Gasteiger partial charge on any atom is -0.497 e. The average Bonchev–Trinajstić information content (AvgIpc) is 2.65. The van der Waals surface area contributed by atoms with E-state index >= 15 is 0 Å². The molecule has 0 radical (unpaired) electrons. The molecule has 2 N–H and O–H groups in total. The highest BCUT2D eigenvalue weighted by molar-refractivity contribution is 6.01. The predicted molar refractivity (Wildman–Crippen MR) is 107 cm³/mol. The van der Waals surface area contributed by atoms with Gasteiger partial charge in [-0.25, -0.2) is 5.43 Å². The van der Waals surface area contributed by atoms with Crippen molar-refractivity contribution >= 4 is 23.2 Å². The van der Waals surface area contributed by atoms with Crippen LogP contribution in [0.5, 0.6) is 5.75 Å². The molecule has 0 atom stereocenters. The first-order chi connectivity index (χ1) is 12.9. The van der Waals surface area contributed by atoms with Crippen LogP contribution in [0.2, 0.25) is 0 Å². The van der Waals surface area contributed by atoms with E-state index in [9.17, 15) is 9.59 Å². The van der Waals surface area contributed by atoms with Gasteiger partial charge in [0.1, 0.15) is 5.75 Å². The maximum absolute atomic E-state index is 12.2. The number of ether oxygens (including phenoxy) is 1. The first kappa shape index (κ1) is 20.2. The van der Waals surface area contributed by atoms with Crippen molar-refractivity contribution in [2.75, 3.05) is 12.4 Å². The highest BCUT2D eigenvalue weighted by Gasteiger charge is 2.08. The summed E-state index contributed by atoms with van der Waals surface area (Å²) in [6, 6.07) is 14.1. The summed E-state index contributed by atoms with van der Waals surface area (Å²) in [6.07, 6.45) is 0.460. The fraction of sp³-hybridized carbons (Fsp3) is 0.286. The molecule has 0 unspecified atom stereocenters. The Morgan fingerprint density at radius 1 is 1.00 bits per heavy atom. The quantitative estimate of drug-likeness (QED) is 0.576. The van der Waals surface area contributed by atoms with Crippen molar-refractivity contribution < 1.29 is 14.3 Å². The molecule has 0 aliphatic carbocycles. The summed E-state index contributed by atoms with van der Waals surface area (Å²) in [5.41, 5.74) is 5.24. The minimum atomic E-state index is -0.317. The Bertz CT molecular complexity index is 810. The van der Waals surface area contributed by atoms with Crippen LogP contribution in [0.3, 0.4) is 0 Å². The molecule has 2 amide bonds. The normalized spacial score (nSPS) is 11.2. The SMILES string of the molecule is COc1ccc(C(C)=NNC(=O)c2ccc(NC(=O)CC(C)C)cc2)cc1. The number of methoxy groups -OCH3 is 1. The lowest BCUT2D eigenvalue weighted by atomic mass is 10.1. The first-order valence-corrected chi connectivity index (χ1v) is 8.78. The van der Waals surface area contributed by atoms with Crippen LogP contribution in [0.1, 0.15) is 43.1 Å². The molecule has 0 bridgehead atoms. The number of carbonyl (C=O) groups is 2. The zero-order chi connectivity index (χ0) is 19.8. The molecule has 0 saturated carbocycles. The number of rotatable bonds is 7. The largest absolute Gasteiger partial charge is 0.497 e. The molecule has 6 nitrogen and oxygen atoms in total. The summed E-state index contributed by atoms with van der Waals surface area (Å²) in [6.45, 7) is 5.79. The first-order valence-electron chi connectivity index (χ1n) is 8.78. The topological polar surface area (TPSA) is 79.8 Å². The van der Waals surface area contributed by atoms with E-state index in [4.69, 9.17) is 4.74 Å². The van der Waals surface area contributed by atoms with Crippen LogP contribution in [0.4, 0.5) is 5.69 Å². The van der Waals surface area contributed by atoms with Gasteiger partial charge in [0.25, 0.3) is 5.91 Å². The zero-order valence-corrected chi connectivity index (χ0v) is 16.1. The Morgan fingerprint density at radius 2 is 1.59 bits per heavy atom. The maximum atomic E-state index is 12.2. The van der Waals surface area contributed by atoms with E-state index < -0.39 is 0 Å². The number of amides is 2. The van der Waals surface area contributed by atoms with Gasteiger partial charge in [0.15, 0.2) is 0 Å². The zero-order valence-electron chi connectivity index (χ0n) is 16.1. The highest BCUT2D eigenvalue weighted by atomic mass is 16.5. The second kappa shape index (κ2) is 9.52. The Kier molecular flexibility index (Phi) is 7.11. The Labute approximate surface area is 159 Å².